The molecule has 0 bridgehead atoms. The van der Waals surface area contributed by atoms with Crippen LogP contribution >= 0.6 is 0 Å². The third kappa shape index (κ3) is 4.94. The Morgan fingerprint density at radius 3 is 2.48 bits per heavy atom. The third-order valence-corrected chi connectivity index (χ3v) is 5.31. The second-order valence-electron chi connectivity index (χ2n) is 7.25. The van der Waals surface area contributed by atoms with Crippen LogP contribution in [0.25, 0.3) is 0 Å². The number of piperazine rings is 1. The number of halogens is 2. The number of anilines is 1. The summed E-state index contributed by atoms with van der Waals surface area (Å²) in [5, 5.41) is 2.58. The maximum atomic E-state index is 13.2. The molecule has 0 radical (unpaired) electrons. The molecular formula is C19H26F2N4O2. The van der Waals surface area contributed by atoms with Crippen molar-refractivity contribution < 1.29 is 18.4 Å². The van der Waals surface area contributed by atoms with Gasteiger partial charge in [0.25, 0.3) is 0 Å². The molecule has 2 saturated heterocycles. The van der Waals surface area contributed by atoms with Gasteiger partial charge in [0.2, 0.25) is 5.91 Å². The molecule has 148 valence electrons. The zero-order valence-electron chi connectivity index (χ0n) is 15.6. The summed E-state index contributed by atoms with van der Waals surface area (Å²) < 4.78 is 26.2. The van der Waals surface area contributed by atoms with Gasteiger partial charge in [-0.3, -0.25) is 9.69 Å². The van der Waals surface area contributed by atoms with Crippen LogP contribution in [-0.4, -0.2) is 71.9 Å². The second-order valence-corrected chi connectivity index (χ2v) is 7.25. The lowest BCUT2D eigenvalue weighted by Gasteiger charge is -2.38. The van der Waals surface area contributed by atoms with Gasteiger partial charge in [0.1, 0.15) is 0 Å². The summed E-state index contributed by atoms with van der Waals surface area (Å²) in [7, 11) is 0. The average molecular weight is 380 g/mol. The third-order valence-electron chi connectivity index (χ3n) is 5.31. The van der Waals surface area contributed by atoms with E-state index in [1.807, 2.05) is 4.90 Å². The molecule has 0 saturated carbocycles. The van der Waals surface area contributed by atoms with Gasteiger partial charge in [0.15, 0.2) is 11.6 Å². The number of rotatable bonds is 3. The van der Waals surface area contributed by atoms with Gasteiger partial charge >= 0.3 is 6.03 Å². The van der Waals surface area contributed by atoms with Crippen LogP contribution in [-0.2, 0) is 4.79 Å². The molecule has 8 heteroatoms. The zero-order chi connectivity index (χ0) is 19.4. The van der Waals surface area contributed by atoms with Crippen molar-refractivity contribution in [2.24, 2.45) is 0 Å². The standard InChI is InChI=1S/C19H26F2N4O2/c1-14-4-2-3-7-25(14)18(26)13-23-8-10-24(11-9-23)19(27)22-15-5-6-16(20)17(21)12-15/h5-6,12,14H,2-4,7-11,13H2,1H3,(H,22,27). The maximum Gasteiger partial charge on any atom is 0.321 e. The molecule has 6 nitrogen and oxygen atoms in total. The van der Waals surface area contributed by atoms with E-state index in [0.717, 1.165) is 31.5 Å². The summed E-state index contributed by atoms with van der Waals surface area (Å²) in [6, 6.07) is 3.22. The van der Waals surface area contributed by atoms with Crippen molar-refractivity contribution >= 4 is 17.6 Å². The maximum absolute atomic E-state index is 13.2. The molecule has 0 aliphatic carbocycles. The average Bonchev–Trinajstić information content (AvgIpc) is 2.65. The van der Waals surface area contributed by atoms with Crippen LogP contribution in [0.5, 0.6) is 0 Å². The SMILES string of the molecule is CC1CCCCN1C(=O)CN1CCN(C(=O)Nc2ccc(F)c(F)c2)CC1. The zero-order valence-corrected chi connectivity index (χ0v) is 15.6. The number of hydrogen-bond donors (Lipinski definition) is 1. The van der Waals surface area contributed by atoms with Crippen LogP contribution in [0.2, 0.25) is 0 Å². The molecule has 1 N–H and O–H groups in total. The van der Waals surface area contributed by atoms with Crippen molar-refractivity contribution in [1.82, 2.24) is 14.7 Å². The molecule has 27 heavy (non-hydrogen) atoms. The molecule has 3 rings (SSSR count). The molecule has 1 aromatic carbocycles. The van der Waals surface area contributed by atoms with Crippen LogP contribution in [0, 0.1) is 11.6 Å². The van der Waals surface area contributed by atoms with Crippen molar-refractivity contribution in [2.75, 3.05) is 44.6 Å². The predicted octanol–water partition coefficient (Wildman–Crippen LogP) is 2.52. The largest absolute Gasteiger partial charge is 0.339 e. The van der Waals surface area contributed by atoms with Crippen LogP contribution in [0.1, 0.15) is 26.2 Å². The molecule has 0 spiro atoms. The highest BCUT2D eigenvalue weighted by Crippen LogP contribution is 2.17. The Balaban J connectivity index is 1.46. The Labute approximate surface area is 158 Å². The Morgan fingerprint density at radius 1 is 1.07 bits per heavy atom. The van der Waals surface area contributed by atoms with Gasteiger partial charge < -0.3 is 15.1 Å². The summed E-state index contributed by atoms with van der Waals surface area (Å²) in [5.41, 5.74) is 0.218. The fourth-order valence-corrected chi connectivity index (χ4v) is 3.64. The number of nitrogens with one attached hydrogen (secondary N) is 1. The van der Waals surface area contributed by atoms with Gasteiger partial charge in [0.05, 0.1) is 6.54 Å². The summed E-state index contributed by atoms with van der Waals surface area (Å²) in [6.07, 6.45) is 3.30. The van der Waals surface area contributed by atoms with Crippen LogP contribution in [0.4, 0.5) is 19.3 Å². The molecule has 1 atom stereocenters. The number of hydrogen-bond acceptors (Lipinski definition) is 3. The Morgan fingerprint density at radius 2 is 1.81 bits per heavy atom. The number of carbonyl (C=O) groups is 2. The van der Waals surface area contributed by atoms with E-state index < -0.39 is 11.6 Å². The van der Waals surface area contributed by atoms with E-state index in [0.29, 0.717) is 38.8 Å². The first-order valence-electron chi connectivity index (χ1n) is 9.47. The quantitative estimate of drug-likeness (QED) is 0.877. The highest BCUT2D eigenvalue weighted by Gasteiger charge is 2.27. The predicted molar refractivity (Wildman–Crippen MR) is 98.4 cm³/mol. The van der Waals surface area contributed by atoms with Crippen molar-refractivity contribution in [1.29, 1.82) is 0 Å². The first-order valence-corrected chi connectivity index (χ1v) is 9.47. The number of nitrogens with zero attached hydrogens (tertiary/aromatic N) is 3. The van der Waals surface area contributed by atoms with E-state index in [2.05, 4.69) is 17.1 Å². The minimum absolute atomic E-state index is 0.155. The van der Waals surface area contributed by atoms with Crippen LogP contribution in [0.3, 0.4) is 0 Å². The van der Waals surface area contributed by atoms with Gasteiger partial charge in [0, 0.05) is 50.5 Å². The lowest BCUT2D eigenvalue weighted by Crippen LogP contribution is -2.53. The van der Waals surface area contributed by atoms with E-state index in [1.165, 1.54) is 12.5 Å². The van der Waals surface area contributed by atoms with Gasteiger partial charge in [-0.2, -0.15) is 0 Å². The second kappa shape index (κ2) is 8.65. The van der Waals surface area contributed by atoms with Gasteiger partial charge in [-0.05, 0) is 38.3 Å². The van der Waals surface area contributed by atoms with E-state index in [-0.39, 0.29) is 17.6 Å². The monoisotopic (exact) mass is 380 g/mol. The smallest absolute Gasteiger partial charge is 0.321 e. The van der Waals surface area contributed by atoms with Crippen molar-refractivity contribution in [2.45, 2.75) is 32.2 Å². The molecule has 2 aliphatic rings. The number of urea groups is 1. The van der Waals surface area contributed by atoms with Crippen LogP contribution in [0.15, 0.2) is 18.2 Å². The van der Waals surface area contributed by atoms with Gasteiger partial charge in [-0.15, -0.1) is 0 Å². The summed E-state index contributed by atoms with van der Waals surface area (Å²) in [4.78, 5) is 30.4. The number of likely N-dealkylation sites (tertiary alicyclic amines) is 1. The minimum atomic E-state index is -0.997. The normalized spacial score (nSPS) is 21.2. The fraction of sp³-hybridized carbons (Fsp3) is 0.579. The van der Waals surface area contributed by atoms with E-state index in [1.54, 1.807) is 4.90 Å². The molecule has 2 fully saturated rings. The number of carbonyl (C=O) groups excluding carboxylic acids is 2. The summed E-state index contributed by atoms with van der Waals surface area (Å²) >= 11 is 0. The Kier molecular flexibility index (Phi) is 6.26. The number of benzene rings is 1. The molecule has 3 amide bonds. The molecule has 1 aromatic rings. The van der Waals surface area contributed by atoms with Crippen molar-refractivity contribution in [3.05, 3.63) is 29.8 Å². The summed E-state index contributed by atoms with van der Waals surface area (Å²) in [6.45, 7) is 5.49. The Bertz CT molecular complexity index is 692. The molecule has 2 heterocycles. The first kappa shape index (κ1) is 19.5. The van der Waals surface area contributed by atoms with Crippen LogP contribution < -0.4 is 5.32 Å². The lowest BCUT2D eigenvalue weighted by atomic mass is 10.0. The van der Waals surface area contributed by atoms with Crippen molar-refractivity contribution in [3.63, 3.8) is 0 Å². The van der Waals surface area contributed by atoms with E-state index in [4.69, 9.17) is 0 Å². The van der Waals surface area contributed by atoms with Gasteiger partial charge in [-0.1, -0.05) is 0 Å². The Hall–Kier alpha value is -2.22. The van der Waals surface area contributed by atoms with Crippen molar-refractivity contribution in [3.8, 4) is 0 Å². The molecule has 0 aromatic heterocycles. The fourth-order valence-electron chi connectivity index (χ4n) is 3.64. The number of amides is 3. The first-order chi connectivity index (χ1) is 12.9. The lowest BCUT2D eigenvalue weighted by molar-refractivity contribution is -0.136. The van der Waals surface area contributed by atoms with Gasteiger partial charge in [-0.25, -0.2) is 13.6 Å². The number of piperidine rings is 1. The van der Waals surface area contributed by atoms with E-state index in [9.17, 15) is 18.4 Å². The van der Waals surface area contributed by atoms with E-state index >= 15 is 0 Å². The highest BCUT2D eigenvalue weighted by atomic mass is 19.2. The molecule has 2 aliphatic heterocycles. The topological polar surface area (TPSA) is 55.9 Å². The highest BCUT2D eigenvalue weighted by molar-refractivity contribution is 5.89. The summed E-state index contributed by atoms with van der Waals surface area (Å²) in [5.74, 6) is -1.79. The molecule has 1 unspecified atom stereocenters. The minimum Gasteiger partial charge on any atom is -0.339 e. The molecular weight excluding hydrogens is 354 g/mol.